The Balaban J connectivity index is 1.83. The number of anilines is 1. The van der Waals surface area contributed by atoms with Crippen LogP contribution in [0.4, 0.5) is 10.5 Å². The minimum absolute atomic E-state index is 0.0199. The van der Waals surface area contributed by atoms with E-state index in [1.165, 1.54) is 0 Å². The maximum atomic E-state index is 12.1. The van der Waals surface area contributed by atoms with Gasteiger partial charge >= 0.3 is 6.03 Å². The molecule has 1 heterocycles. The lowest BCUT2D eigenvalue weighted by Crippen LogP contribution is -2.43. The number of nitrogens with zero attached hydrogens (tertiary/aromatic N) is 1. The average molecular weight is 319 g/mol. The molecule has 1 unspecified atom stereocenters. The molecule has 1 fully saturated rings. The molecule has 0 aromatic heterocycles. The number of hydrogen-bond acceptors (Lipinski definition) is 3. The molecule has 126 valence electrons. The summed E-state index contributed by atoms with van der Waals surface area (Å²) < 4.78 is 5.12. The van der Waals surface area contributed by atoms with Crippen molar-refractivity contribution in [1.29, 1.82) is 0 Å². The molecule has 2 N–H and O–H groups in total. The predicted octanol–water partition coefficient (Wildman–Crippen LogP) is 2.29. The van der Waals surface area contributed by atoms with E-state index >= 15 is 0 Å². The van der Waals surface area contributed by atoms with Gasteiger partial charge in [0.25, 0.3) is 0 Å². The molecule has 1 aliphatic heterocycles. The van der Waals surface area contributed by atoms with E-state index in [0.717, 1.165) is 30.7 Å². The fourth-order valence-corrected chi connectivity index (χ4v) is 2.63. The minimum atomic E-state index is -0.199. The summed E-state index contributed by atoms with van der Waals surface area (Å²) in [6.07, 6.45) is 3.53. The first-order valence-electron chi connectivity index (χ1n) is 8.12. The van der Waals surface area contributed by atoms with Crippen molar-refractivity contribution in [2.75, 3.05) is 25.1 Å². The van der Waals surface area contributed by atoms with Crippen LogP contribution in [0, 0.1) is 0 Å². The van der Waals surface area contributed by atoms with Gasteiger partial charge in [-0.2, -0.15) is 0 Å². The molecule has 0 radical (unpaired) electrons. The molecular formula is C17H25N3O3. The highest BCUT2D eigenvalue weighted by Gasteiger charge is 2.31. The second kappa shape index (κ2) is 8.41. The Kier molecular flexibility index (Phi) is 6.26. The molecule has 0 bridgehead atoms. The summed E-state index contributed by atoms with van der Waals surface area (Å²) in [5, 5.41) is 5.70. The van der Waals surface area contributed by atoms with Crippen molar-refractivity contribution in [1.82, 2.24) is 10.6 Å². The number of unbranched alkanes of at least 4 members (excludes halogenated alkanes) is 2. The molecule has 0 saturated carbocycles. The fraction of sp³-hybridized carbons (Fsp3) is 0.529. The number of rotatable bonds is 7. The number of urea groups is 1. The Labute approximate surface area is 137 Å². The highest BCUT2D eigenvalue weighted by Crippen LogP contribution is 2.24. The van der Waals surface area contributed by atoms with Gasteiger partial charge in [0.2, 0.25) is 5.91 Å². The van der Waals surface area contributed by atoms with E-state index in [2.05, 4.69) is 17.6 Å². The summed E-state index contributed by atoms with van der Waals surface area (Å²) in [6.45, 7) is 3.29. The lowest BCUT2D eigenvalue weighted by molar-refractivity contribution is -0.117. The van der Waals surface area contributed by atoms with Crippen molar-refractivity contribution in [2.45, 2.75) is 38.6 Å². The van der Waals surface area contributed by atoms with Gasteiger partial charge in [0.15, 0.2) is 0 Å². The summed E-state index contributed by atoms with van der Waals surface area (Å²) in [6, 6.07) is 6.99. The maximum Gasteiger partial charge on any atom is 0.315 e. The van der Waals surface area contributed by atoms with Crippen LogP contribution in [0.25, 0.3) is 0 Å². The Hall–Kier alpha value is -2.24. The van der Waals surface area contributed by atoms with Crippen LogP contribution in [0.2, 0.25) is 0 Å². The number of hydrogen-bond donors (Lipinski definition) is 2. The van der Waals surface area contributed by atoms with Crippen LogP contribution in [-0.4, -0.2) is 38.2 Å². The lowest BCUT2D eigenvalue weighted by Gasteiger charge is -2.17. The fourth-order valence-electron chi connectivity index (χ4n) is 2.63. The molecule has 1 aromatic rings. The monoisotopic (exact) mass is 319 g/mol. The molecular weight excluding hydrogens is 294 g/mol. The van der Waals surface area contributed by atoms with E-state index in [9.17, 15) is 9.59 Å². The number of nitrogens with one attached hydrogen (secondary N) is 2. The maximum absolute atomic E-state index is 12.1. The Morgan fingerprint density at radius 3 is 2.70 bits per heavy atom. The third-order valence-corrected chi connectivity index (χ3v) is 3.91. The molecule has 1 aromatic carbocycles. The number of ether oxygens (including phenoxy) is 1. The van der Waals surface area contributed by atoms with Crippen molar-refractivity contribution in [3.05, 3.63) is 24.3 Å². The SMILES string of the molecule is CCCCCNC(=O)NC1CC(=O)N(c2ccc(OC)cc2)C1. The third kappa shape index (κ3) is 4.87. The number of carbonyl (C=O) groups is 2. The van der Waals surface area contributed by atoms with Crippen LogP contribution < -0.4 is 20.3 Å². The zero-order valence-electron chi connectivity index (χ0n) is 13.8. The Morgan fingerprint density at radius 1 is 1.30 bits per heavy atom. The van der Waals surface area contributed by atoms with Crippen LogP contribution in [-0.2, 0) is 4.79 Å². The highest BCUT2D eigenvalue weighted by molar-refractivity contribution is 5.96. The summed E-state index contributed by atoms with van der Waals surface area (Å²) in [4.78, 5) is 25.7. The molecule has 2 rings (SSSR count). The van der Waals surface area contributed by atoms with Crippen LogP contribution in [0.1, 0.15) is 32.6 Å². The molecule has 3 amide bonds. The standard InChI is InChI=1S/C17H25N3O3/c1-3-4-5-10-18-17(22)19-13-11-16(21)20(12-13)14-6-8-15(23-2)9-7-14/h6-9,13H,3-5,10-12H2,1-2H3,(H2,18,19,22). The first-order valence-corrected chi connectivity index (χ1v) is 8.12. The van der Waals surface area contributed by atoms with E-state index in [1.807, 2.05) is 24.3 Å². The molecule has 6 heteroatoms. The molecule has 1 atom stereocenters. The van der Waals surface area contributed by atoms with Gasteiger partial charge in [-0.15, -0.1) is 0 Å². The number of methoxy groups -OCH3 is 1. The molecule has 0 aliphatic carbocycles. The van der Waals surface area contributed by atoms with E-state index < -0.39 is 0 Å². The van der Waals surface area contributed by atoms with Gasteiger partial charge in [-0.05, 0) is 30.7 Å². The van der Waals surface area contributed by atoms with Crippen LogP contribution >= 0.6 is 0 Å². The van der Waals surface area contributed by atoms with E-state index in [1.54, 1.807) is 12.0 Å². The average Bonchev–Trinajstić information content (AvgIpc) is 2.92. The quantitative estimate of drug-likeness (QED) is 0.758. The zero-order chi connectivity index (χ0) is 16.7. The summed E-state index contributed by atoms with van der Waals surface area (Å²) in [5.41, 5.74) is 0.823. The van der Waals surface area contributed by atoms with Gasteiger partial charge in [-0.25, -0.2) is 4.79 Å². The second-order valence-corrected chi connectivity index (χ2v) is 5.71. The van der Waals surface area contributed by atoms with Crippen LogP contribution in [0.15, 0.2) is 24.3 Å². The molecule has 23 heavy (non-hydrogen) atoms. The number of benzene rings is 1. The number of carbonyl (C=O) groups excluding carboxylic acids is 2. The van der Waals surface area contributed by atoms with Gasteiger partial charge in [-0.1, -0.05) is 19.8 Å². The molecule has 0 spiro atoms. The van der Waals surface area contributed by atoms with Gasteiger partial charge < -0.3 is 20.3 Å². The predicted molar refractivity (Wildman–Crippen MR) is 89.8 cm³/mol. The van der Waals surface area contributed by atoms with Crippen molar-refractivity contribution >= 4 is 17.6 Å². The van der Waals surface area contributed by atoms with Gasteiger partial charge in [0, 0.05) is 25.2 Å². The van der Waals surface area contributed by atoms with E-state index in [0.29, 0.717) is 19.5 Å². The van der Waals surface area contributed by atoms with E-state index in [4.69, 9.17) is 4.74 Å². The lowest BCUT2D eigenvalue weighted by atomic mass is 10.2. The third-order valence-electron chi connectivity index (χ3n) is 3.91. The smallest absolute Gasteiger partial charge is 0.315 e. The summed E-state index contributed by atoms with van der Waals surface area (Å²) >= 11 is 0. The number of amides is 3. The second-order valence-electron chi connectivity index (χ2n) is 5.71. The topological polar surface area (TPSA) is 70.7 Å². The van der Waals surface area contributed by atoms with Crippen molar-refractivity contribution in [3.8, 4) is 5.75 Å². The largest absolute Gasteiger partial charge is 0.497 e. The summed E-state index contributed by atoms with van der Waals surface area (Å²) in [5.74, 6) is 0.771. The van der Waals surface area contributed by atoms with Crippen molar-refractivity contribution in [3.63, 3.8) is 0 Å². The van der Waals surface area contributed by atoms with Gasteiger partial charge in [0.05, 0.1) is 13.2 Å². The normalized spacial score (nSPS) is 17.2. The molecule has 1 aliphatic rings. The zero-order valence-corrected chi connectivity index (χ0v) is 13.8. The molecule has 1 saturated heterocycles. The minimum Gasteiger partial charge on any atom is -0.497 e. The summed E-state index contributed by atoms with van der Waals surface area (Å²) in [7, 11) is 1.61. The van der Waals surface area contributed by atoms with Gasteiger partial charge in [0.1, 0.15) is 5.75 Å². The van der Waals surface area contributed by atoms with Crippen LogP contribution in [0.3, 0.4) is 0 Å². The van der Waals surface area contributed by atoms with Crippen molar-refractivity contribution < 1.29 is 14.3 Å². The first kappa shape index (κ1) is 17.1. The highest BCUT2D eigenvalue weighted by atomic mass is 16.5. The molecule has 6 nitrogen and oxygen atoms in total. The van der Waals surface area contributed by atoms with Crippen LogP contribution in [0.5, 0.6) is 5.75 Å². The van der Waals surface area contributed by atoms with E-state index in [-0.39, 0.29) is 18.0 Å². The van der Waals surface area contributed by atoms with Gasteiger partial charge in [-0.3, -0.25) is 4.79 Å². The Morgan fingerprint density at radius 2 is 2.04 bits per heavy atom. The Bertz CT molecular complexity index is 530. The van der Waals surface area contributed by atoms with Crippen molar-refractivity contribution in [2.24, 2.45) is 0 Å². The first-order chi connectivity index (χ1) is 11.1.